The Morgan fingerprint density at radius 2 is 1.86 bits per heavy atom. The van der Waals surface area contributed by atoms with Gasteiger partial charge in [0.2, 0.25) is 5.89 Å². The normalized spacial score (nSPS) is 17.1. The van der Waals surface area contributed by atoms with Crippen molar-refractivity contribution in [2.45, 2.75) is 31.8 Å². The number of nitrogens with zero attached hydrogens (tertiary/aromatic N) is 2. The number of aromatic nitrogens is 1. The van der Waals surface area contributed by atoms with Crippen molar-refractivity contribution in [2.24, 2.45) is 0 Å². The van der Waals surface area contributed by atoms with E-state index < -0.39 is 5.97 Å². The molecule has 6 heteroatoms. The van der Waals surface area contributed by atoms with E-state index in [1.54, 1.807) is 30.5 Å². The van der Waals surface area contributed by atoms with Crippen LogP contribution in [0.3, 0.4) is 0 Å². The molecule has 2 aromatic carbocycles. The summed E-state index contributed by atoms with van der Waals surface area (Å²) in [4.78, 5) is 17.8. The first kappa shape index (κ1) is 18.4. The Hall–Kier alpha value is -2.99. The molecule has 0 amide bonds. The molecule has 144 valence electrons. The average Bonchev–Trinajstić information content (AvgIpc) is 3.33. The van der Waals surface area contributed by atoms with Crippen molar-refractivity contribution >= 4 is 5.97 Å². The van der Waals surface area contributed by atoms with Crippen molar-refractivity contribution in [1.29, 1.82) is 0 Å². The maximum Gasteiger partial charge on any atom is 0.335 e. The molecule has 1 fully saturated rings. The third-order valence-electron chi connectivity index (χ3n) is 5.10. The lowest BCUT2D eigenvalue weighted by Crippen LogP contribution is -2.23. The Morgan fingerprint density at radius 1 is 1.14 bits per heavy atom. The third-order valence-corrected chi connectivity index (χ3v) is 5.10. The van der Waals surface area contributed by atoms with E-state index >= 15 is 0 Å². The first-order chi connectivity index (χ1) is 13.6. The van der Waals surface area contributed by atoms with Crippen LogP contribution in [0.25, 0.3) is 0 Å². The molecule has 2 heterocycles. The molecule has 3 aromatic rings. The molecule has 0 radical (unpaired) electrons. The first-order valence-electron chi connectivity index (χ1n) is 9.34. The van der Waals surface area contributed by atoms with Crippen LogP contribution in [0.4, 0.5) is 4.39 Å². The molecular weight excluding hydrogens is 359 g/mol. The summed E-state index contributed by atoms with van der Waals surface area (Å²) < 4.78 is 19.0. The predicted octanol–water partition coefficient (Wildman–Crippen LogP) is 4.44. The van der Waals surface area contributed by atoms with Gasteiger partial charge in [-0.25, -0.2) is 14.2 Å². The largest absolute Gasteiger partial charge is 0.478 e. The fourth-order valence-corrected chi connectivity index (χ4v) is 3.64. The van der Waals surface area contributed by atoms with Crippen LogP contribution < -0.4 is 0 Å². The number of hydrogen-bond donors (Lipinski definition) is 1. The molecule has 0 spiro atoms. The van der Waals surface area contributed by atoms with Crippen molar-refractivity contribution in [3.63, 3.8) is 0 Å². The summed E-state index contributed by atoms with van der Waals surface area (Å²) in [5, 5.41) is 9.02. The van der Waals surface area contributed by atoms with Gasteiger partial charge in [0.05, 0.1) is 17.8 Å². The van der Waals surface area contributed by atoms with E-state index in [1.807, 2.05) is 12.1 Å². The number of benzene rings is 2. The summed E-state index contributed by atoms with van der Waals surface area (Å²) in [6, 6.07) is 13.5. The summed E-state index contributed by atoms with van der Waals surface area (Å²) in [5.41, 5.74) is 2.33. The minimum absolute atomic E-state index is 0.112. The second-order valence-electron chi connectivity index (χ2n) is 7.10. The van der Waals surface area contributed by atoms with Crippen LogP contribution in [0.5, 0.6) is 0 Å². The van der Waals surface area contributed by atoms with E-state index in [-0.39, 0.29) is 11.9 Å². The molecular formula is C22H21FN2O3. The number of oxazole rings is 1. The van der Waals surface area contributed by atoms with Gasteiger partial charge in [-0.05, 0) is 54.8 Å². The van der Waals surface area contributed by atoms with Gasteiger partial charge in [-0.2, -0.15) is 0 Å². The molecule has 4 rings (SSSR count). The smallest absolute Gasteiger partial charge is 0.335 e. The van der Waals surface area contributed by atoms with E-state index in [2.05, 4.69) is 9.88 Å². The van der Waals surface area contributed by atoms with Gasteiger partial charge >= 0.3 is 5.97 Å². The summed E-state index contributed by atoms with van der Waals surface area (Å²) in [6.07, 6.45) is 4.37. The highest BCUT2D eigenvalue weighted by Gasteiger charge is 2.29. The number of carboxylic acid groups (broad SMARTS) is 1. The molecule has 1 N–H and O–H groups in total. The molecule has 1 atom stereocenters. The lowest BCUT2D eigenvalue weighted by atomic mass is 10.1. The molecule has 0 aliphatic carbocycles. The molecule has 0 unspecified atom stereocenters. The van der Waals surface area contributed by atoms with Crippen LogP contribution >= 0.6 is 0 Å². The van der Waals surface area contributed by atoms with Crippen LogP contribution in [0, 0.1) is 5.82 Å². The van der Waals surface area contributed by atoms with Gasteiger partial charge in [0, 0.05) is 13.0 Å². The molecule has 1 saturated heterocycles. The third kappa shape index (κ3) is 4.12. The van der Waals surface area contributed by atoms with Gasteiger partial charge in [0.1, 0.15) is 11.6 Å². The van der Waals surface area contributed by atoms with Crippen LogP contribution in [0.15, 0.2) is 59.1 Å². The lowest BCUT2D eigenvalue weighted by Gasteiger charge is -2.22. The van der Waals surface area contributed by atoms with Gasteiger partial charge in [0.25, 0.3) is 0 Å². The summed E-state index contributed by atoms with van der Waals surface area (Å²) in [5.74, 6) is 0.301. The Morgan fingerprint density at radius 3 is 2.57 bits per heavy atom. The number of halogens is 1. The Kier molecular flexibility index (Phi) is 5.21. The quantitative estimate of drug-likeness (QED) is 0.685. The van der Waals surface area contributed by atoms with Crippen molar-refractivity contribution in [3.8, 4) is 0 Å². The molecule has 5 nitrogen and oxygen atoms in total. The van der Waals surface area contributed by atoms with Gasteiger partial charge in [-0.15, -0.1) is 0 Å². The highest BCUT2D eigenvalue weighted by molar-refractivity contribution is 5.87. The number of carboxylic acids is 1. The molecule has 0 bridgehead atoms. The van der Waals surface area contributed by atoms with Crippen molar-refractivity contribution in [3.05, 3.63) is 88.9 Å². The van der Waals surface area contributed by atoms with Crippen molar-refractivity contribution < 1.29 is 18.7 Å². The highest BCUT2D eigenvalue weighted by atomic mass is 19.1. The predicted molar refractivity (Wildman–Crippen MR) is 101 cm³/mol. The second-order valence-corrected chi connectivity index (χ2v) is 7.10. The maximum atomic E-state index is 13.0. The van der Waals surface area contributed by atoms with Gasteiger partial charge < -0.3 is 9.52 Å². The number of likely N-dealkylation sites (tertiary alicyclic amines) is 1. The Balaban J connectivity index is 1.44. The summed E-state index contributed by atoms with van der Waals surface area (Å²) >= 11 is 0. The fourth-order valence-electron chi connectivity index (χ4n) is 3.64. The number of rotatable bonds is 6. The van der Waals surface area contributed by atoms with E-state index in [1.165, 1.54) is 12.1 Å². The summed E-state index contributed by atoms with van der Waals surface area (Å²) in [7, 11) is 0. The standard InChI is InChI=1S/C22H21FN2O3/c23-18-9-5-15(6-10-18)12-19-13-24-21(28-19)20-2-1-11-25(20)14-16-3-7-17(8-4-16)22(26)27/h3-10,13,20H,1-2,11-12,14H2,(H,26,27)/t20-/m1/s1. The van der Waals surface area contributed by atoms with E-state index in [4.69, 9.17) is 9.52 Å². The SMILES string of the molecule is O=C(O)c1ccc(CN2CCC[C@@H]2c2ncc(Cc3ccc(F)cc3)o2)cc1. The van der Waals surface area contributed by atoms with Crippen LogP contribution in [0.1, 0.15) is 52.0 Å². The fraction of sp³-hybridized carbons (Fsp3) is 0.273. The Bertz CT molecular complexity index is 951. The number of hydrogen-bond acceptors (Lipinski definition) is 4. The number of carbonyl (C=O) groups is 1. The first-order valence-corrected chi connectivity index (χ1v) is 9.34. The highest BCUT2D eigenvalue weighted by Crippen LogP contribution is 2.33. The molecule has 0 saturated carbocycles. The molecule has 28 heavy (non-hydrogen) atoms. The van der Waals surface area contributed by atoms with Crippen molar-refractivity contribution in [1.82, 2.24) is 9.88 Å². The molecule has 1 aliphatic rings. The zero-order valence-electron chi connectivity index (χ0n) is 15.3. The second kappa shape index (κ2) is 7.94. The van der Waals surface area contributed by atoms with E-state index in [0.29, 0.717) is 17.9 Å². The number of aromatic carboxylic acids is 1. The lowest BCUT2D eigenvalue weighted by molar-refractivity contribution is 0.0697. The minimum atomic E-state index is -0.918. The van der Waals surface area contributed by atoms with Gasteiger partial charge in [0.15, 0.2) is 0 Å². The van der Waals surface area contributed by atoms with E-state index in [0.717, 1.165) is 42.8 Å². The van der Waals surface area contributed by atoms with Crippen molar-refractivity contribution in [2.75, 3.05) is 6.54 Å². The monoisotopic (exact) mass is 380 g/mol. The van der Waals surface area contributed by atoms with Crippen LogP contribution in [0.2, 0.25) is 0 Å². The van der Waals surface area contributed by atoms with Gasteiger partial charge in [-0.3, -0.25) is 4.90 Å². The molecule has 1 aliphatic heterocycles. The average molecular weight is 380 g/mol. The zero-order valence-corrected chi connectivity index (χ0v) is 15.3. The van der Waals surface area contributed by atoms with Crippen LogP contribution in [-0.4, -0.2) is 27.5 Å². The molecule has 1 aromatic heterocycles. The maximum absolute atomic E-state index is 13.0. The minimum Gasteiger partial charge on any atom is -0.478 e. The zero-order chi connectivity index (χ0) is 19.5. The summed E-state index contributed by atoms with van der Waals surface area (Å²) in [6.45, 7) is 1.67. The van der Waals surface area contributed by atoms with Crippen LogP contribution in [-0.2, 0) is 13.0 Å². The van der Waals surface area contributed by atoms with Gasteiger partial charge in [-0.1, -0.05) is 24.3 Å². The topological polar surface area (TPSA) is 66.6 Å². The van der Waals surface area contributed by atoms with E-state index in [9.17, 15) is 9.18 Å². The Labute approximate surface area is 162 Å².